The number of hydrogen-bond donors (Lipinski definition) is 3. The SMILES string of the molecule is CCCC(C)NC(=O)C(c1cc(C)cc(C)c1)N(CC#N)C(=O)C(CS)NC(=O)OC(C)(C)C. The second kappa shape index (κ2) is 13.2. The highest BCUT2D eigenvalue weighted by molar-refractivity contribution is 7.80. The van der Waals surface area contributed by atoms with Crippen molar-refractivity contribution >= 4 is 30.5 Å². The van der Waals surface area contributed by atoms with E-state index in [1.807, 2.05) is 52.0 Å². The lowest BCUT2D eigenvalue weighted by Crippen LogP contribution is -2.54. The minimum atomic E-state index is -1.08. The monoisotopic (exact) mass is 490 g/mol. The minimum Gasteiger partial charge on any atom is -0.444 e. The van der Waals surface area contributed by atoms with Gasteiger partial charge in [0.1, 0.15) is 24.2 Å². The number of amides is 3. The molecule has 8 nitrogen and oxygen atoms in total. The Bertz CT molecular complexity index is 887. The van der Waals surface area contributed by atoms with Crippen molar-refractivity contribution < 1.29 is 19.1 Å². The Kier molecular flexibility index (Phi) is 11.4. The van der Waals surface area contributed by atoms with E-state index < -0.39 is 29.7 Å². The summed E-state index contributed by atoms with van der Waals surface area (Å²) in [4.78, 5) is 40.5. The number of nitrogens with zero attached hydrogens (tertiary/aromatic N) is 2. The number of nitriles is 1. The zero-order valence-electron chi connectivity index (χ0n) is 21.3. The third-order valence-electron chi connectivity index (χ3n) is 4.93. The number of hydrogen-bond acceptors (Lipinski definition) is 6. The number of thiol groups is 1. The molecule has 3 unspecified atom stereocenters. The number of nitrogens with one attached hydrogen (secondary N) is 2. The Morgan fingerprint density at radius 3 is 2.21 bits per heavy atom. The second-order valence-electron chi connectivity index (χ2n) is 9.53. The molecule has 0 spiro atoms. The fourth-order valence-corrected chi connectivity index (χ4v) is 3.92. The van der Waals surface area contributed by atoms with Crippen LogP contribution >= 0.6 is 12.6 Å². The van der Waals surface area contributed by atoms with E-state index in [1.54, 1.807) is 20.8 Å². The first-order valence-corrected chi connectivity index (χ1v) is 12.1. The molecule has 0 saturated heterocycles. The van der Waals surface area contributed by atoms with Crippen molar-refractivity contribution in [2.45, 2.75) is 85.0 Å². The molecule has 0 aliphatic rings. The maximum Gasteiger partial charge on any atom is 0.408 e. The van der Waals surface area contributed by atoms with Crippen LogP contribution in [-0.4, -0.2) is 52.8 Å². The number of alkyl carbamates (subject to hydrolysis) is 1. The van der Waals surface area contributed by atoms with Gasteiger partial charge in [-0.15, -0.1) is 0 Å². The summed E-state index contributed by atoms with van der Waals surface area (Å²) < 4.78 is 5.26. The summed E-state index contributed by atoms with van der Waals surface area (Å²) in [5.41, 5.74) is 1.70. The molecule has 2 N–H and O–H groups in total. The molecule has 3 atom stereocenters. The predicted molar refractivity (Wildman–Crippen MR) is 136 cm³/mol. The van der Waals surface area contributed by atoms with Crippen LogP contribution in [0.4, 0.5) is 4.79 Å². The smallest absolute Gasteiger partial charge is 0.408 e. The highest BCUT2D eigenvalue weighted by Gasteiger charge is 2.36. The number of benzene rings is 1. The van der Waals surface area contributed by atoms with Crippen LogP contribution in [0.15, 0.2) is 18.2 Å². The van der Waals surface area contributed by atoms with Crippen LogP contribution in [0, 0.1) is 25.2 Å². The highest BCUT2D eigenvalue weighted by Crippen LogP contribution is 2.25. The molecule has 0 aromatic heterocycles. The standard InChI is InChI=1S/C25H38N4O4S/c1-8-9-18(4)27-22(30)21(19-13-16(2)12-17(3)14-19)29(11-10-26)23(31)20(15-34)28-24(32)33-25(5,6)7/h12-14,18,20-21,34H,8-9,11,15H2,1-7H3,(H,27,30)(H,28,32). The molecule has 34 heavy (non-hydrogen) atoms. The molecule has 3 amide bonds. The van der Waals surface area contributed by atoms with Gasteiger partial charge in [0.2, 0.25) is 11.8 Å². The lowest BCUT2D eigenvalue weighted by atomic mass is 9.98. The third kappa shape index (κ3) is 9.26. The molecule has 188 valence electrons. The van der Waals surface area contributed by atoms with Gasteiger partial charge in [-0.25, -0.2) is 4.79 Å². The molecule has 9 heteroatoms. The van der Waals surface area contributed by atoms with Gasteiger partial charge in [0, 0.05) is 11.8 Å². The number of ether oxygens (including phenoxy) is 1. The van der Waals surface area contributed by atoms with Crippen molar-refractivity contribution in [1.29, 1.82) is 5.26 Å². The molecule has 0 heterocycles. The summed E-state index contributed by atoms with van der Waals surface area (Å²) in [7, 11) is 0. The van der Waals surface area contributed by atoms with Crippen molar-refractivity contribution in [3.63, 3.8) is 0 Å². The van der Waals surface area contributed by atoms with Crippen LogP contribution in [0.5, 0.6) is 0 Å². The molecule has 0 aliphatic heterocycles. The highest BCUT2D eigenvalue weighted by atomic mass is 32.1. The zero-order valence-corrected chi connectivity index (χ0v) is 22.2. The Morgan fingerprint density at radius 1 is 1.15 bits per heavy atom. The second-order valence-corrected chi connectivity index (χ2v) is 9.89. The van der Waals surface area contributed by atoms with E-state index in [4.69, 9.17) is 4.74 Å². The van der Waals surface area contributed by atoms with Gasteiger partial charge in [0.15, 0.2) is 0 Å². The Labute approximate surface area is 208 Å². The first-order chi connectivity index (χ1) is 15.8. The molecule has 1 aromatic carbocycles. The average Bonchev–Trinajstić information content (AvgIpc) is 2.69. The van der Waals surface area contributed by atoms with E-state index >= 15 is 0 Å². The molecule has 1 rings (SSSR count). The van der Waals surface area contributed by atoms with Crippen molar-refractivity contribution in [3.8, 4) is 6.07 Å². The van der Waals surface area contributed by atoms with Crippen molar-refractivity contribution in [2.75, 3.05) is 12.3 Å². The van der Waals surface area contributed by atoms with Crippen LogP contribution in [0.3, 0.4) is 0 Å². The lowest BCUT2D eigenvalue weighted by Gasteiger charge is -2.33. The quantitative estimate of drug-likeness (QED) is 0.341. The number of carbonyl (C=O) groups excluding carboxylic acids is 3. The van der Waals surface area contributed by atoms with Gasteiger partial charge in [0.25, 0.3) is 0 Å². The maximum atomic E-state index is 13.5. The topological polar surface area (TPSA) is 112 Å². The van der Waals surface area contributed by atoms with E-state index in [-0.39, 0.29) is 24.2 Å². The van der Waals surface area contributed by atoms with Gasteiger partial charge in [-0.05, 0) is 53.5 Å². The van der Waals surface area contributed by atoms with Crippen molar-refractivity contribution in [3.05, 3.63) is 34.9 Å². The van der Waals surface area contributed by atoms with Crippen LogP contribution in [0.2, 0.25) is 0 Å². The van der Waals surface area contributed by atoms with Crippen LogP contribution in [0.1, 0.15) is 70.2 Å². The largest absolute Gasteiger partial charge is 0.444 e. The normalized spacial score (nSPS) is 13.7. The third-order valence-corrected chi connectivity index (χ3v) is 5.29. The Balaban J connectivity index is 3.41. The van der Waals surface area contributed by atoms with Crippen LogP contribution in [0.25, 0.3) is 0 Å². The zero-order chi connectivity index (χ0) is 26.1. The first kappa shape index (κ1) is 29.3. The number of aryl methyl sites for hydroxylation is 2. The van der Waals surface area contributed by atoms with Gasteiger partial charge in [-0.2, -0.15) is 17.9 Å². The first-order valence-electron chi connectivity index (χ1n) is 11.5. The Morgan fingerprint density at radius 2 is 1.74 bits per heavy atom. The average molecular weight is 491 g/mol. The minimum absolute atomic E-state index is 0.0343. The summed E-state index contributed by atoms with van der Waals surface area (Å²) in [6.07, 6.45) is 0.885. The van der Waals surface area contributed by atoms with Crippen LogP contribution in [-0.2, 0) is 14.3 Å². The molecule has 1 aromatic rings. The van der Waals surface area contributed by atoms with Crippen molar-refractivity contribution in [2.24, 2.45) is 0 Å². The summed E-state index contributed by atoms with van der Waals surface area (Å²) in [6, 6.07) is 5.38. The van der Waals surface area contributed by atoms with Crippen LogP contribution < -0.4 is 10.6 Å². The van der Waals surface area contributed by atoms with Gasteiger partial charge in [-0.1, -0.05) is 42.7 Å². The van der Waals surface area contributed by atoms with Gasteiger partial charge >= 0.3 is 6.09 Å². The summed E-state index contributed by atoms with van der Waals surface area (Å²) >= 11 is 4.23. The van der Waals surface area contributed by atoms with E-state index in [0.717, 1.165) is 24.0 Å². The predicted octanol–water partition coefficient (Wildman–Crippen LogP) is 3.82. The molecule has 0 bridgehead atoms. The molecule has 0 aliphatic carbocycles. The molecule has 0 radical (unpaired) electrons. The number of rotatable bonds is 10. The van der Waals surface area contributed by atoms with E-state index in [1.165, 1.54) is 4.90 Å². The molecule has 0 fully saturated rings. The number of carbonyl (C=O) groups is 3. The summed E-state index contributed by atoms with van der Waals surface area (Å²) in [6.45, 7) is 12.5. The fraction of sp³-hybridized carbons (Fsp3) is 0.600. The summed E-state index contributed by atoms with van der Waals surface area (Å²) in [5.74, 6) is -1.01. The van der Waals surface area contributed by atoms with Crippen molar-refractivity contribution in [1.82, 2.24) is 15.5 Å². The van der Waals surface area contributed by atoms with Gasteiger partial charge < -0.3 is 20.3 Å². The van der Waals surface area contributed by atoms with E-state index in [2.05, 4.69) is 23.3 Å². The van der Waals surface area contributed by atoms with Gasteiger partial charge in [-0.3, -0.25) is 9.59 Å². The van der Waals surface area contributed by atoms with E-state index in [0.29, 0.717) is 5.56 Å². The Hall–Kier alpha value is -2.73. The van der Waals surface area contributed by atoms with Gasteiger partial charge in [0.05, 0.1) is 6.07 Å². The molecular formula is C25H38N4O4S. The molecular weight excluding hydrogens is 452 g/mol. The fourth-order valence-electron chi connectivity index (χ4n) is 3.68. The lowest BCUT2D eigenvalue weighted by molar-refractivity contribution is -0.141. The maximum absolute atomic E-state index is 13.5. The summed E-state index contributed by atoms with van der Waals surface area (Å²) in [5, 5.41) is 15.0. The van der Waals surface area contributed by atoms with E-state index in [9.17, 15) is 19.6 Å². The molecule has 0 saturated carbocycles.